The van der Waals surface area contributed by atoms with Crippen LogP contribution in [0, 0.1) is 5.92 Å². The number of benzene rings is 1. The van der Waals surface area contributed by atoms with Crippen LogP contribution in [0.25, 0.3) is 0 Å². The van der Waals surface area contributed by atoms with Gasteiger partial charge in [0.15, 0.2) is 9.84 Å². The van der Waals surface area contributed by atoms with Gasteiger partial charge < -0.3 is 4.90 Å². The van der Waals surface area contributed by atoms with Gasteiger partial charge in [-0.05, 0) is 55.4 Å². The van der Waals surface area contributed by atoms with Crippen molar-refractivity contribution in [1.29, 1.82) is 0 Å². The van der Waals surface area contributed by atoms with Gasteiger partial charge >= 0.3 is 18.0 Å². The summed E-state index contributed by atoms with van der Waals surface area (Å²) in [5, 5.41) is 0. The number of aromatic nitrogens is 1. The number of fused-ring (bicyclic) bond motifs is 3. The molecule has 5 rings (SSSR count). The molecule has 1 aromatic heterocycles. The topological polar surface area (TPSA) is 67.3 Å². The standard InChI is InChI=1S/C27H27F7N2O3S/c28-25(26(29,30)31,27(32,33)34)19-7-8-21-18(16-19)6-9-22-24(21,40(38,39)20-10-13-35-14-11-20)12-15-36(22)23(37)17-4-2-1-3-5-17/h7-8,10-11,13-14,16-17,22H,1-6,9,12,15H2. The highest BCUT2D eigenvalue weighted by Crippen LogP contribution is 2.57. The summed E-state index contributed by atoms with van der Waals surface area (Å²) in [5.41, 5.74) is -7.42. The fourth-order valence-corrected chi connectivity index (χ4v) is 9.16. The Kier molecular flexibility index (Phi) is 6.99. The zero-order valence-corrected chi connectivity index (χ0v) is 22.0. The van der Waals surface area contributed by atoms with Crippen molar-refractivity contribution in [3.8, 4) is 0 Å². The zero-order valence-electron chi connectivity index (χ0n) is 21.2. The molecule has 2 heterocycles. The van der Waals surface area contributed by atoms with Gasteiger partial charge in [-0.3, -0.25) is 9.78 Å². The summed E-state index contributed by atoms with van der Waals surface area (Å²) in [6.45, 7) is 0.0592. The number of pyridine rings is 1. The predicted molar refractivity (Wildman–Crippen MR) is 129 cm³/mol. The van der Waals surface area contributed by atoms with Gasteiger partial charge in [-0.15, -0.1) is 0 Å². The Morgan fingerprint density at radius 2 is 1.52 bits per heavy atom. The summed E-state index contributed by atoms with van der Waals surface area (Å²) in [6.07, 6.45) is -6.26. The van der Waals surface area contributed by atoms with Crippen molar-refractivity contribution in [3.05, 3.63) is 59.4 Å². The van der Waals surface area contributed by atoms with Crippen LogP contribution >= 0.6 is 0 Å². The van der Waals surface area contributed by atoms with Crippen molar-refractivity contribution in [1.82, 2.24) is 9.88 Å². The third-order valence-corrected chi connectivity index (χ3v) is 11.3. The summed E-state index contributed by atoms with van der Waals surface area (Å²) in [4.78, 5) is 18.8. The number of sulfone groups is 1. The predicted octanol–water partition coefficient (Wildman–Crippen LogP) is 6.17. The second-order valence-electron chi connectivity index (χ2n) is 10.8. The summed E-state index contributed by atoms with van der Waals surface area (Å²) in [5.74, 6) is -0.462. The molecule has 5 nitrogen and oxygen atoms in total. The van der Waals surface area contributed by atoms with E-state index < -0.39 is 44.2 Å². The molecule has 2 aliphatic carbocycles. The molecule has 2 fully saturated rings. The van der Waals surface area contributed by atoms with Gasteiger partial charge in [-0.25, -0.2) is 12.8 Å². The van der Waals surface area contributed by atoms with Crippen LogP contribution in [-0.4, -0.2) is 49.1 Å². The highest BCUT2D eigenvalue weighted by Gasteiger charge is 2.73. The second-order valence-corrected chi connectivity index (χ2v) is 13.0. The first-order valence-electron chi connectivity index (χ1n) is 13.1. The van der Waals surface area contributed by atoms with Crippen LogP contribution in [0.1, 0.15) is 61.6 Å². The number of halogens is 7. The van der Waals surface area contributed by atoms with E-state index in [0.717, 1.165) is 25.3 Å². The van der Waals surface area contributed by atoms with Crippen molar-refractivity contribution in [3.63, 3.8) is 0 Å². The largest absolute Gasteiger partial charge is 0.435 e. The molecular formula is C27H27F7N2O3S. The lowest BCUT2D eigenvalue weighted by Crippen LogP contribution is -2.53. The SMILES string of the molecule is O=C(C1CCCCC1)N1CCC2(S(=O)(=O)c3ccncc3)c3ccc(C(F)(C(F)(F)F)C(F)(F)F)cc3CCC12. The third kappa shape index (κ3) is 4.13. The number of hydrogen-bond acceptors (Lipinski definition) is 4. The molecule has 218 valence electrons. The molecule has 1 amide bonds. The van der Waals surface area contributed by atoms with Crippen molar-refractivity contribution < 1.29 is 43.9 Å². The molecule has 1 aliphatic heterocycles. The van der Waals surface area contributed by atoms with E-state index in [1.807, 2.05) is 0 Å². The van der Waals surface area contributed by atoms with Crippen LogP contribution in [0.4, 0.5) is 30.7 Å². The van der Waals surface area contributed by atoms with Crippen molar-refractivity contribution in [2.75, 3.05) is 6.54 Å². The molecule has 1 saturated carbocycles. The molecule has 3 aliphatic rings. The van der Waals surface area contributed by atoms with E-state index in [-0.39, 0.29) is 53.7 Å². The minimum Gasteiger partial charge on any atom is -0.337 e. The van der Waals surface area contributed by atoms with E-state index in [9.17, 15) is 43.9 Å². The zero-order chi connectivity index (χ0) is 29.1. The Hall–Kier alpha value is -2.70. The minimum absolute atomic E-state index is 0.00467. The lowest BCUT2D eigenvalue weighted by molar-refractivity contribution is -0.348. The summed E-state index contributed by atoms with van der Waals surface area (Å²) < 4.78 is 123. The normalized spacial score (nSPS) is 24.5. The summed E-state index contributed by atoms with van der Waals surface area (Å²) in [6, 6.07) is 3.36. The van der Waals surface area contributed by atoms with Crippen molar-refractivity contribution >= 4 is 15.7 Å². The lowest BCUT2D eigenvalue weighted by atomic mass is 9.76. The average molecular weight is 593 g/mol. The Morgan fingerprint density at radius 1 is 0.900 bits per heavy atom. The van der Waals surface area contributed by atoms with Crippen LogP contribution in [0.15, 0.2) is 47.6 Å². The van der Waals surface area contributed by atoms with Gasteiger partial charge in [0.1, 0.15) is 4.75 Å². The minimum atomic E-state index is -6.30. The van der Waals surface area contributed by atoms with Crippen LogP contribution in [0.3, 0.4) is 0 Å². The van der Waals surface area contributed by atoms with E-state index in [1.54, 1.807) is 0 Å². The number of likely N-dealkylation sites (tertiary alicyclic amines) is 1. The first kappa shape index (κ1) is 28.8. The Bertz CT molecular complexity index is 1380. The fourth-order valence-electron chi connectivity index (χ4n) is 6.81. The van der Waals surface area contributed by atoms with Gasteiger partial charge in [-0.1, -0.05) is 37.5 Å². The van der Waals surface area contributed by atoms with E-state index in [0.29, 0.717) is 25.0 Å². The first-order valence-corrected chi connectivity index (χ1v) is 14.6. The highest BCUT2D eigenvalue weighted by atomic mass is 32.2. The molecule has 0 spiro atoms. The molecule has 13 heteroatoms. The van der Waals surface area contributed by atoms with Crippen molar-refractivity contribution in [2.24, 2.45) is 5.92 Å². The maximum absolute atomic E-state index is 14.9. The van der Waals surface area contributed by atoms with Crippen LogP contribution < -0.4 is 0 Å². The Morgan fingerprint density at radius 3 is 2.12 bits per heavy atom. The molecule has 40 heavy (non-hydrogen) atoms. The van der Waals surface area contributed by atoms with Crippen LogP contribution in [-0.2, 0) is 31.5 Å². The maximum atomic E-state index is 14.9. The fraction of sp³-hybridized carbons (Fsp3) is 0.556. The molecular weight excluding hydrogens is 565 g/mol. The number of carbonyl (C=O) groups excluding carboxylic acids is 1. The van der Waals surface area contributed by atoms with Gasteiger partial charge in [0, 0.05) is 30.4 Å². The van der Waals surface area contributed by atoms with E-state index >= 15 is 0 Å². The average Bonchev–Trinajstić information content (AvgIpc) is 3.33. The van der Waals surface area contributed by atoms with Crippen molar-refractivity contribution in [2.45, 2.75) is 85.1 Å². The third-order valence-electron chi connectivity index (χ3n) is 8.74. The Labute approximate surface area is 226 Å². The maximum Gasteiger partial charge on any atom is 0.435 e. The lowest BCUT2D eigenvalue weighted by Gasteiger charge is -2.43. The quantitative estimate of drug-likeness (QED) is 0.399. The van der Waals surface area contributed by atoms with Crippen LogP contribution in [0.5, 0.6) is 0 Å². The van der Waals surface area contributed by atoms with E-state index in [2.05, 4.69) is 4.98 Å². The first-order chi connectivity index (χ1) is 18.7. The Balaban J connectivity index is 1.67. The molecule has 0 radical (unpaired) electrons. The van der Waals surface area contributed by atoms with Gasteiger partial charge in [0.05, 0.1) is 10.9 Å². The number of alkyl halides is 7. The molecule has 0 N–H and O–H groups in total. The molecule has 0 bridgehead atoms. The smallest absolute Gasteiger partial charge is 0.337 e. The number of hydrogen-bond donors (Lipinski definition) is 0. The number of carbonyl (C=O) groups is 1. The molecule has 2 atom stereocenters. The molecule has 2 unspecified atom stereocenters. The summed E-state index contributed by atoms with van der Waals surface area (Å²) in [7, 11) is -4.35. The van der Waals surface area contributed by atoms with Gasteiger partial charge in [0.2, 0.25) is 5.91 Å². The second kappa shape index (κ2) is 9.70. The van der Waals surface area contributed by atoms with E-state index in [4.69, 9.17) is 0 Å². The summed E-state index contributed by atoms with van der Waals surface area (Å²) >= 11 is 0. The number of amides is 1. The number of aryl methyl sites for hydroxylation is 1. The van der Waals surface area contributed by atoms with E-state index in [1.165, 1.54) is 29.4 Å². The molecule has 2 aromatic rings. The number of rotatable bonds is 4. The van der Waals surface area contributed by atoms with Gasteiger partial charge in [0.25, 0.3) is 0 Å². The van der Waals surface area contributed by atoms with Crippen LogP contribution in [0.2, 0.25) is 0 Å². The number of nitrogens with zero attached hydrogens (tertiary/aromatic N) is 2. The molecule has 1 aromatic carbocycles. The molecule has 1 saturated heterocycles. The highest BCUT2D eigenvalue weighted by molar-refractivity contribution is 7.92. The monoisotopic (exact) mass is 592 g/mol. The van der Waals surface area contributed by atoms with Gasteiger partial charge in [-0.2, -0.15) is 26.3 Å².